The molecule has 0 aliphatic rings. The van der Waals surface area contributed by atoms with Crippen molar-refractivity contribution >= 4 is 45.7 Å². The molecule has 0 heterocycles. The molecule has 1 nitrogen and oxygen atoms in total. The lowest BCUT2D eigenvalue weighted by atomic mass is 10.1. The second-order valence-corrected chi connectivity index (χ2v) is 5.64. The van der Waals surface area contributed by atoms with E-state index in [1.54, 1.807) is 0 Å². The number of hydrogen-bond donors (Lipinski definition) is 0. The van der Waals surface area contributed by atoms with Crippen LogP contribution in [0.1, 0.15) is 31.2 Å². The van der Waals surface area contributed by atoms with Crippen LogP contribution in [-0.2, 0) is 4.79 Å². The third-order valence-corrected chi connectivity index (χ3v) is 3.76. The molecule has 2 rings (SSSR count). The fraction of sp³-hybridized carbons (Fsp3) is 0.190. The number of aldehydes is 1. The predicted molar refractivity (Wildman–Crippen MR) is 106 cm³/mol. The van der Waals surface area contributed by atoms with Gasteiger partial charge in [-0.05, 0) is 45.2 Å². The van der Waals surface area contributed by atoms with Gasteiger partial charge in [-0.15, -0.1) is 0 Å². The number of fused-ring (bicyclic) bond motifs is 1. The van der Waals surface area contributed by atoms with Crippen molar-refractivity contribution in [1.29, 1.82) is 0 Å². The van der Waals surface area contributed by atoms with Gasteiger partial charge in [-0.3, -0.25) is 4.79 Å². The van der Waals surface area contributed by atoms with Crippen LogP contribution in [0.4, 0.5) is 0 Å². The second kappa shape index (κ2) is 9.87. The second-order valence-electron chi connectivity index (χ2n) is 5.10. The lowest BCUT2D eigenvalue weighted by Crippen LogP contribution is -1.82. The zero-order valence-corrected chi connectivity index (χ0v) is 15.0. The first-order chi connectivity index (χ1) is 11.3. The van der Waals surface area contributed by atoms with Gasteiger partial charge in [0.2, 0.25) is 0 Å². The molecule has 0 aliphatic carbocycles. The van der Waals surface area contributed by atoms with E-state index in [0.717, 1.165) is 42.9 Å². The van der Waals surface area contributed by atoms with Crippen molar-refractivity contribution < 1.29 is 4.79 Å². The summed E-state index contributed by atoms with van der Waals surface area (Å²) in [7, 11) is 0. The quantitative estimate of drug-likeness (QED) is 0.212. The zero-order chi connectivity index (χ0) is 16.3. The van der Waals surface area contributed by atoms with Gasteiger partial charge in [0.05, 0.1) is 5.57 Å². The van der Waals surface area contributed by atoms with E-state index < -0.39 is 0 Å². The Bertz CT molecular complexity index is 825. The normalized spacial score (nSPS) is 10.4. The molecule has 114 valence electrons. The van der Waals surface area contributed by atoms with Crippen LogP contribution < -0.4 is 0 Å². The molecule has 2 heteroatoms. The summed E-state index contributed by atoms with van der Waals surface area (Å²) in [6.45, 7) is 0. The molecule has 0 spiro atoms. The van der Waals surface area contributed by atoms with Crippen LogP contribution in [0.15, 0.2) is 48.0 Å². The van der Waals surface area contributed by atoms with Crippen molar-refractivity contribution in [1.82, 2.24) is 0 Å². The molecular formula is C21H17IO. The maximum Gasteiger partial charge on any atom is 0.158 e. The molecular weight excluding hydrogens is 395 g/mol. The molecule has 0 atom stereocenters. The number of carbonyl (C=O) groups excluding carboxylic acids is 1. The Hall–Kier alpha value is -2.04. The topological polar surface area (TPSA) is 17.1 Å². The van der Waals surface area contributed by atoms with Gasteiger partial charge < -0.3 is 0 Å². The standard InChI is InChI=1S/C21H17IO/c22-14-8-4-2-1-3-5-9-19(17-23)15-18-12-13-20-10-6-7-11-21(20)16-18/h6-7,10-13,15-17H,1-4H2. The minimum absolute atomic E-state index is 0.521. The van der Waals surface area contributed by atoms with Crippen LogP contribution in [0.2, 0.25) is 0 Å². The Morgan fingerprint density at radius 2 is 1.74 bits per heavy atom. The Morgan fingerprint density at radius 1 is 1.00 bits per heavy atom. The zero-order valence-electron chi connectivity index (χ0n) is 12.8. The van der Waals surface area contributed by atoms with Crippen LogP contribution in [0, 0.1) is 21.7 Å². The summed E-state index contributed by atoms with van der Waals surface area (Å²) in [4.78, 5) is 11.2. The van der Waals surface area contributed by atoms with Gasteiger partial charge in [-0.25, -0.2) is 0 Å². The summed E-state index contributed by atoms with van der Waals surface area (Å²) >= 11 is 2.05. The van der Waals surface area contributed by atoms with Crippen molar-refractivity contribution in [3.63, 3.8) is 0 Å². The highest BCUT2D eigenvalue weighted by molar-refractivity contribution is 14.1. The fourth-order valence-corrected chi connectivity index (χ4v) is 2.48. The van der Waals surface area contributed by atoms with E-state index in [1.807, 2.05) is 46.9 Å². The van der Waals surface area contributed by atoms with Crippen LogP contribution in [0.5, 0.6) is 0 Å². The Labute approximate surface area is 151 Å². The molecule has 0 radical (unpaired) electrons. The van der Waals surface area contributed by atoms with E-state index in [-0.39, 0.29) is 0 Å². The summed E-state index contributed by atoms with van der Waals surface area (Å²) in [5.74, 6) is 9.06. The number of carbonyl (C=O) groups is 1. The number of allylic oxidation sites excluding steroid dienone is 1. The third kappa shape index (κ3) is 5.93. The summed E-state index contributed by atoms with van der Waals surface area (Å²) in [5, 5.41) is 2.36. The van der Waals surface area contributed by atoms with Crippen molar-refractivity contribution in [3.05, 3.63) is 53.6 Å². The molecule has 0 fully saturated rings. The first-order valence-electron chi connectivity index (χ1n) is 7.56. The average Bonchev–Trinajstić information content (AvgIpc) is 2.59. The number of rotatable bonds is 5. The van der Waals surface area contributed by atoms with Gasteiger partial charge in [0.15, 0.2) is 6.29 Å². The van der Waals surface area contributed by atoms with Gasteiger partial charge in [0.1, 0.15) is 0 Å². The van der Waals surface area contributed by atoms with Gasteiger partial charge in [-0.2, -0.15) is 0 Å². The molecule has 2 aromatic carbocycles. The Balaban J connectivity index is 2.02. The van der Waals surface area contributed by atoms with E-state index in [0.29, 0.717) is 5.57 Å². The molecule has 0 unspecified atom stereocenters. The predicted octanol–water partition coefficient (Wildman–Crippen LogP) is 5.38. The molecule has 0 bridgehead atoms. The van der Waals surface area contributed by atoms with Crippen molar-refractivity contribution in [2.75, 3.05) is 0 Å². The summed E-state index contributed by atoms with van der Waals surface area (Å²) in [6, 6.07) is 14.3. The summed E-state index contributed by atoms with van der Waals surface area (Å²) in [5.41, 5.74) is 1.52. The van der Waals surface area contributed by atoms with Crippen LogP contribution >= 0.6 is 22.6 Å². The third-order valence-electron chi connectivity index (χ3n) is 3.38. The van der Waals surface area contributed by atoms with E-state index in [9.17, 15) is 4.79 Å². The number of benzene rings is 2. The van der Waals surface area contributed by atoms with Gasteiger partial charge in [0, 0.05) is 35.4 Å². The first-order valence-corrected chi connectivity index (χ1v) is 8.64. The SMILES string of the molecule is O=CC(C#CCCCCC#CI)=Cc1ccc2ccccc2c1. The average molecular weight is 412 g/mol. The Kier molecular flexibility index (Phi) is 7.43. The van der Waals surface area contributed by atoms with Crippen molar-refractivity contribution in [3.8, 4) is 21.7 Å². The Morgan fingerprint density at radius 3 is 2.48 bits per heavy atom. The number of hydrogen-bond acceptors (Lipinski definition) is 1. The first kappa shape index (κ1) is 17.3. The van der Waals surface area contributed by atoms with E-state index in [2.05, 4.69) is 46.0 Å². The van der Waals surface area contributed by atoms with Crippen LogP contribution in [0.25, 0.3) is 16.8 Å². The lowest BCUT2D eigenvalue weighted by molar-refractivity contribution is -0.104. The smallest absolute Gasteiger partial charge is 0.158 e. The van der Waals surface area contributed by atoms with Crippen LogP contribution in [-0.4, -0.2) is 6.29 Å². The molecule has 23 heavy (non-hydrogen) atoms. The fourth-order valence-electron chi connectivity index (χ4n) is 2.22. The largest absolute Gasteiger partial charge is 0.297 e. The van der Waals surface area contributed by atoms with Gasteiger partial charge >= 0.3 is 0 Å². The molecule has 2 aromatic rings. The van der Waals surface area contributed by atoms with E-state index in [1.165, 1.54) is 5.39 Å². The molecule has 0 saturated carbocycles. The highest BCUT2D eigenvalue weighted by Crippen LogP contribution is 2.17. The summed E-state index contributed by atoms with van der Waals surface area (Å²) < 4.78 is 2.85. The van der Waals surface area contributed by atoms with Gasteiger partial charge in [-0.1, -0.05) is 54.2 Å². The van der Waals surface area contributed by atoms with Gasteiger partial charge in [0.25, 0.3) is 0 Å². The molecule has 0 aromatic heterocycles. The molecule has 0 saturated heterocycles. The maximum absolute atomic E-state index is 11.2. The monoisotopic (exact) mass is 412 g/mol. The minimum Gasteiger partial charge on any atom is -0.297 e. The minimum atomic E-state index is 0.521. The molecule has 0 N–H and O–H groups in total. The van der Waals surface area contributed by atoms with Crippen molar-refractivity contribution in [2.45, 2.75) is 25.7 Å². The highest BCUT2D eigenvalue weighted by Gasteiger charge is 1.96. The molecule has 0 amide bonds. The van der Waals surface area contributed by atoms with E-state index >= 15 is 0 Å². The number of halogens is 1. The molecule has 0 aliphatic heterocycles. The van der Waals surface area contributed by atoms with Crippen molar-refractivity contribution in [2.24, 2.45) is 0 Å². The van der Waals surface area contributed by atoms with E-state index in [4.69, 9.17) is 0 Å². The lowest BCUT2D eigenvalue weighted by Gasteiger charge is -1.99. The maximum atomic E-state index is 11.2. The highest BCUT2D eigenvalue weighted by atomic mass is 127. The van der Waals surface area contributed by atoms with Crippen LogP contribution in [0.3, 0.4) is 0 Å². The number of unbranched alkanes of at least 4 members (excludes halogenated alkanes) is 3. The summed E-state index contributed by atoms with van der Waals surface area (Å²) in [6.07, 6.45) is 6.44.